The Hall–Kier alpha value is -1.66. The molecule has 0 aromatic heterocycles. The van der Waals surface area contributed by atoms with Gasteiger partial charge in [-0.25, -0.2) is 4.39 Å². The number of hydrogen-bond donors (Lipinski definition) is 3. The van der Waals surface area contributed by atoms with E-state index >= 15 is 0 Å². The molecule has 22 heavy (non-hydrogen) atoms. The van der Waals surface area contributed by atoms with Gasteiger partial charge >= 0.3 is 0 Å². The molecule has 4 atom stereocenters. The van der Waals surface area contributed by atoms with Gasteiger partial charge < -0.3 is 16.8 Å². The average Bonchev–Trinajstić information content (AvgIpc) is 3.01. The first-order chi connectivity index (χ1) is 9.97. The summed E-state index contributed by atoms with van der Waals surface area (Å²) < 4.78 is 13.8. The maximum atomic E-state index is 13.8. The fourth-order valence-electron chi connectivity index (χ4n) is 3.72. The van der Waals surface area contributed by atoms with Gasteiger partial charge in [-0.05, 0) is 49.3 Å². The molecule has 0 heterocycles. The van der Waals surface area contributed by atoms with E-state index in [9.17, 15) is 14.0 Å². The minimum absolute atomic E-state index is 0. The highest BCUT2D eigenvalue weighted by atomic mass is 35.5. The summed E-state index contributed by atoms with van der Waals surface area (Å²) in [5.41, 5.74) is 11.4. The Morgan fingerprint density at radius 3 is 2.50 bits per heavy atom. The number of rotatable bonds is 3. The number of benzene rings is 1. The third kappa shape index (κ3) is 2.80. The number of carbonyl (C=O) groups is 2. The molecule has 1 aromatic carbocycles. The van der Waals surface area contributed by atoms with Crippen molar-refractivity contribution in [2.75, 3.05) is 5.32 Å². The summed E-state index contributed by atoms with van der Waals surface area (Å²) in [7, 11) is 0. The van der Waals surface area contributed by atoms with Gasteiger partial charge in [0, 0.05) is 11.6 Å². The van der Waals surface area contributed by atoms with Gasteiger partial charge in [-0.2, -0.15) is 0 Å². The van der Waals surface area contributed by atoms with Crippen LogP contribution in [0.15, 0.2) is 18.2 Å². The van der Waals surface area contributed by atoms with Crippen LogP contribution in [0.1, 0.15) is 29.6 Å². The summed E-state index contributed by atoms with van der Waals surface area (Å²) in [5.74, 6) is -1.12. The van der Waals surface area contributed by atoms with Crippen LogP contribution in [0.25, 0.3) is 0 Å². The minimum atomic E-state index is -0.665. The molecule has 0 aliphatic heterocycles. The Balaban J connectivity index is 0.00000176. The Labute approximate surface area is 134 Å². The third-order valence-electron chi connectivity index (χ3n) is 4.79. The van der Waals surface area contributed by atoms with Crippen LogP contribution >= 0.6 is 12.4 Å². The summed E-state index contributed by atoms with van der Waals surface area (Å²) in [6, 6.07) is 3.51. The highest BCUT2D eigenvalue weighted by Crippen LogP contribution is 2.47. The molecule has 2 aliphatic rings. The Kier molecular flexibility index (Phi) is 4.72. The number of hydrogen-bond acceptors (Lipinski definition) is 3. The van der Waals surface area contributed by atoms with E-state index in [1.807, 2.05) is 0 Å². The monoisotopic (exact) mass is 327 g/mol. The number of nitrogens with one attached hydrogen (secondary N) is 1. The maximum Gasteiger partial charge on any atom is 0.248 e. The molecule has 2 bridgehead atoms. The van der Waals surface area contributed by atoms with E-state index in [4.69, 9.17) is 11.5 Å². The Morgan fingerprint density at radius 1 is 1.23 bits per heavy atom. The zero-order valence-electron chi connectivity index (χ0n) is 11.9. The SMILES string of the molecule is Cl.NC(=O)c1ccc(F)c(NC(=O)C2C3CCC(C3)C2N)c1. The molecule has 2 amide bonds. The van der Waals surface area contributed by atoms with Crippen molar-refractivity contribution in [3.8, 4) is 0 Å². The van der Waals surface area contributed by atoms with Crippen LogP contribution in [-0.4, -0.2) is 17.9 Å². The van der Waals surface area contributed by atoms with Crippen LogP contribution in [-0.2, 0) is 4.79 Å². The van der Waals surface area contributed by atoms with Crippen molar-refractivity contribution in [3.63, 3.8) is 0 Å². The van der Waals surface area contributed by atoms with Crippen molar-refractivity contribution in [3.05, 3.63) is 29.6 Å². The number of nitrogens with two attached hydrogens (primary N) is 2. The third-order valence-corrected chi connectivity index (χ3v) is 4.79. The molecule has 7 heteroatoms. The number of amides is 2. The zero-order valence-corrected chi connectivity index (χ0v) is 12.7. The fraction of sp³-hybridized carbons (Fsp3) is 0.467. The van der Waals surface area contributed by atoms with Crippen LogP contribution in [0.5, 0.6) is 0 Å². The predicted octanol–water partition coefficient (Wildman–Crippen LogP) is 1.66. The van der Waals surface area contributed by atoms with E-state index in [2.05, 4.69) is 5.32 Å². The molecule has 4 unspecified atom stereocenters. The van der Waals surface area contributed by atoms with E-state index in [1.54, 1.807) is 0 Å². The largest absolute Gasteiger partial charge is 0.366 e. The van der Waals surface area contributed by atoms with Crippen molar-refractivity contribution in [2.45, 2.75) is 25.3 Å². The first kappa shape index (κ1) is 16.7. The molecule has 3 rings (SSSR count). The molecule has 2 aliphatic carbocycles. The van der Waals surface area contributed by atoms with E-state index in [1.165, 1.54) is 12.1 Å². The number of anilines is 1. The van der Waals surface area contributed by atoms with Gasteiger partial charge in [0.1, 0.15) is 5.82 Å². The molecule has 5 nitrogen and oxygen atoms in total. The molecule has 1 aromatic rings. The Bertz CT molecular complexity index is 608. The van der Waals surface area contributed by atoms with Gasteiger partial charge in [0.15, 0.2) is 0 Å². The van der Waals surface area contributed by atoms with Crippen LogP contribution in [0.4, 0.5) is 10.1 Å². The molecule has 0 spiro atoms. The van der Waals surface area contributed by atoms with Gasteiger partial charge in [0.2, 0.25) is 11.8 Å². The van der Waals surface area contributed by atoms with E-state index in [-0.39, 0.29) is 47.4 Å². The van der Waals surface area contributed by atoms with E-state index in [0.717, 1.165) is 25.3 Å². The highest BCUT2D eigenvalue weighted by molar-refractivity contribution is 5.97. The molecule has 120 valence electrons. The van der Waals surface area contributed by atoms with Crippen LogP contribution in [0.3, 0.4) is 0 Å². The number of halogens is 2. The lowest BCUT2D eigenvalue weighted by Crippen LogP contribution is -2.42. The minimum Gasteiger partial charge on any atom is -0.366 e. The van der Waals surface area contributed by atoms with Crippen LogP contribution in [0.2, 0.25) is 0 Å². The molecule has 2 saturated carbocycles. The maximum absolute atomic E-state index is 13.8. The van der Waals surface area contributed by atoms with Crippen molar-refractivity contribution < 1.29 is 14.0 Å². The first-order valence-corrected chi connectivity index (χ1v) is 7.13. The number of primary amides is 1. The summed E-state index contributed by atoms with van der Waals surface area (Å²) in [4.78, 5) is 23.5. The van der Waals surface area contributed by atoms with Gasteiger partial charge in [-0.15, -0.1) is 12.4 Å². The van der Waals surface area contributed by atoms with E-state index in [0.29, 0.717) is 5.92 Å². The van der Waals surface area contributed by atoms with Crippen molar-refractivity contribution in [2.24, 2.45) is 29.2 Å². The molecule has 0 saturated heterocycles. The van der Waals surface area contributed by atoms with Crippen molar-refractivity contribution >= 4 is 29.9 Å². The van der Waals surface area contributed by atoms with Crippen molar-refractivity contribution in [1.82, 2.24) is 0 Å². The molecular formula is C15H19ClFN3O2. The standard InChI is InChI=1S/C15H18FN3O2.ClH/c16-10-4-3-9(14(18)20)6-11(10)19-15(21)12-7-1-2-8(5-7)13(12)17;/h3-4,6-8,12-13H,1-2,5,17H2,(H2,18,20)(H,19,21);1H. The molecule has 0 radical (unpaired) electrons. The van der Waals surface area contributed by atoms with Gasteiger partial charge in [0.05, 0.1) is 11.6 Å². The second kappa shape index (κ2) is 6.22. The summed E-state index contributed by atoms with van der Waals surface area (Å²) in [6.45, 7) is 0. The quantitative estimate of drug-likeness (QED) is 0.787. The second-order valence-electron chi connectivity index (χ2n) is 5.98. The van der Waals surface area contributed by atoms with Gasteiger partial charge in [0.25, 0.3) is 0 Å². The van der Waals surface area contributed by atoms with Gasteiger partial charge in [-0.1, -0.05) is 0 Å². The Morgan fingerprint density at radius 2 is 1.91 bits per heavy atom. The van der Waals surface area contributed by atoms with Gasteiger partial charge in [-0.3, -0.25) is 9.59 Å². The second-order valence-corrected chi connectivity index (χ2v) is 5.98. The molecule has 5 N–H and O–H groups in total. The number of fused-ring (bicyclic) bond motifs is 2. The number of carbonyl (C=O) groups excluding carboxylic acids is 2. The summed E-state index contributed by atoms with van der Waals surface area (Å²) >= 11 is 0. The molecular weight excluding hydrogens is 309 g/mol. The lowest BCUT2D eigenvalue weighted by atomic mass is 9.84. The van der Waals surface area contributed by atoms with Crippen LogP contribution in [0, 0.1) is 23.6 Å². The summed E-state index contributed by atoms with van der Waals surface area (Å²) in [6.07, 6.45) is 3.05. The lowest BCUT2D eigenvalue weighted by molar-refractivity contribution is -0.121. The average molecular weight is 328 g/mol. The summed E-state index contributed by atoms with van der Waals surface area (Å²) in [5, 5.41) is 2.56. The first-order valence-electron chi connectivity index (χ1n) is 7.13. The van der Waals surface area contributed by atoms with Crippen molar-refractivity contribution in [1.29, 1.82) is 0 Å². The topological polar surface area (TPSA) is 98.2 Å². The smallest absolute Gasteiger partial charge is 0.248 e. The fourth-order valence-corrected chi connectivity index (χ4v) is 3.72. The lowest BCUT2D eigenvalue weighted by Gasteiger charge is -2.27. The van der Waals surface area contributed by atoms with E-state index < -0.39 is 11.7 Å². The zero-order chi connectivity index (χ0) is 15.1. The predicted molar refractivity (Wildman–Crippen MR) is 83.1 cm³/mol. The normalized spacial score (nSPS) is 29.0. The van der Waals surface area contributed by atoms with Crippen LogP contribution < -0.4 is 16.8 Å². The highest BCUT2D eigenvalue weighted by Gasteiger charge is 2.49. The molecule has 2 fully saturated rings.